The third-order valence-corrected chi connectivity index (χ3v) is 4.57. The molecule has 0 bridgehead atoms. The highest BCUT2D eigenvalue weighted by Gasteiger charge is 2.13. The molecule has 0 aliphatic carbocycles. The van der Waals surface area contributed by atoms with E-state index in [1.165, 1.54) is 17.7 Å². The first-order valence-corrected chi connectivity index (χ1v) is 9.56. The van der Waals surface area contributed by atoms with Gasteiger partial charge in [-0.2, -0.15) is 0 Å². The summed E-state index contributed by atoms with van der Waals surface area (Å²) in [7, 11) is 0. The van der Waals surface area contributed by atoms with E-state index in [0.29, 0.717) is 29.7 Å². The zero-order valence-electron chi connectivity index (χ0n) is 16.0. The summed E-state index contributed by atoms with van der Waals surface area (Å²) in [6.45, 7) is 5.37. The summed E-state index contributed by atoms with van der Waals surface area (Å²) in [5.41, 5.74) is 4.10. The molecule has 0 saturated heterocycles. The average molecular weight is 400 g/mol. The number of halogens is 2. The lowest BCUT2D eigenvalue weighted by Crippen LogP contribution is -2.04. The van der Waals surface area contributed by atoms with Gasteiger partial charge in [-0.15, -0.1) is 0 Å². The largest absolute Gasteiger partial charge is 0.490 e. The number of ether oxygens (including phenoxy) is 2. The van der Waals surface area contributed by atoms with Gasteiger partial charge in [0.05, 0.1) is 11.6 Å². The first kappa shape index (κ1) is 20.0. The van der Waals surface area contributed by atoms with Crippen molar-refractivity contribution < 1.29 is 13.9 Å². The highest BCUT2D eigenvalue weighted by atomic mass is 35.5. The molecule has 28 heavy (non-hydrogen) atoms. The Morgan fingerprint density at radius 1 is 0.964 bits per heavy atom. The van der Waals surface area contributed by atoms with Crippen LogP contribution in [0.1, 0.15) is 23.6 Å². The Morgan fingerprint density at radius 3 is 2.43 bits per heavy atom. The van der Waals surface area contributed by atoms with Gasteiger partial charge in [-0.3, -0.25) is 0 Å². The van der Waals surface area contributed by atoms with E-state index in [0.717, 1.165) is 16.8 Å². The number of benzene rings is 3. The van der Waals surface area contributed by atoms with E-state index in [2.05, 4.69) is 18.3 Å². The summed E-state index contributed by atoms with van der Waals surface area (Å²) < 4.78 is 24.7. The summed E-state index contributed by atoms with van der Waals surface area (Å²) in [5.74, 6) is 0.813. The zero-order valence-corrected chi connectivity index (χ0v) is 16.7. The van der Waals surface area contributed by atoms with Crippen molar-refractivity contribution in [3.63, 3.8) is 0 Å². The Bertz CT molecular complexity index is 928. The van der Waals surface area contributed by atoms with E-state index in [9.17, 15) is 4.39 Å². The summed E-state index contributed by atoms with van der Waals surface area (Å²) >= 11 is 6.48. The zero-order chi connectivity index (χ0) is 19.9. The third-order valence-electron chi connectivity index (χ3n) is 4.29. The molecule has 0 heterocycles. The predicted molar refractivity (Wildman–Crippen MR) is 112 cm³/mol. The van der Waals surface area contributed by atoms with Crippen molar-refractivity contribution in [2.24, 2.45) is 0 Å². The Balaban J connectivity index is 1.75. The lowest BCUT2D eigenvalue weighted by molar-refractivity contribution is 0.269. The molecule has 0 amide bonds. The van der Waals surface area contributed by atoms with Crippen LogP contribution in [0.3, 0.4) is 0 Å². The van der Waals surface area contributed by atoms with Gasteiger partial charge >= 0.3 is 0 Å². The average Bonchev–Trinajstić information content (AvgIpc) is 2.68. The van der Waals surface area contributed by atoms with Gasteiger partial charge in [0.15, 0.2) is 11.5 Å². The van der Waals surface area contributed by atoms with E-state index in [4.69, 9.17) is 21.1 Å². The molecule has 0 aliphatic heterocycles. The Morgan fingerprint density at radius 2 is 1.71 bits per heavy atom. The summed E-state index contributed by atoms with van der Waals surface area (Å²) in [5, 5.41) is 3.90. The number of hydrogen-bond acceptors (Lipinski definition) is 3. The van der Waals surface area contributed by atoms with Crippen LogP contribution in [0.5, 0.6) is 11.5 Å². The quantitative estimate of drug-likeness (QED) is 0.477. The van der Waals surface area contributed by atoms with Gasteiger partial charge in [-0.25, -0.2) is 4.39 Å². The van der Waals surface area contributed by atoms with E-state index in [1.54, 1.807) is 12.1 Å². The van der Waals surface area contributed by atoms with Crippen LogP contribution >= 0.6 is 11.6 Å². The van der Waals surface area contributed by atoms with Crippen molar-refractivity contribution >= 4 is 17.3 Å². The molecule has 0 aromatic heterocycles. The van der Waals surface area contributed by atoms with Gasteiger partial charge in [0, 0.05) is 12.2 Å². The van der Waals surface area contributed by atoms with Crippen LogP contribution in [0.2, 0.25) is 5.02 Å². The summed E-state index contributed by atoms with van der Waals surface area (Å²) in [6, 6.07) is 18.1. The van der Waals surface area contributed by atoms with Crippen LogP contribution in [0, 0.1) is 12.7 Å². The fourth-order valence-corrected chi connectivity index (χ4v) is 3.12. The fraction of sp³-hybridized carbons (Fsp3) is 0.217. The molecule has 3 aromatic rings. The molecule has 0 fully saturated rings. The van der Waals surface area contributed by atoms with E-state index in [1.807, 2.05) is 37.3 Å². The van der Waals surface area contributed by atoms with E-state index >= 15 is 0 Å². The Kier molecular flexibility index (Phi) is 6.77. The highest BCUT2D eigenvalue weighted by Crippen LogP contribution is 2.37. The van der Waals surface area contributed by atoms with Crippen molar-refractivity contribution in [3.8, 4) is 11.5 Å². The minimum Gasteiger partial charge on any atom is -0.490 e. The van der Waals surface area contributed by atoms with E-state index < -0.39 is 0 Å². The molecule has 0 aliphatic rings. The fourth-order valence-electron chi connectivity index (χ4n) is 2.83. The van der Waals surface area contributed by atoms with Crippen LogP contribution in [-0.4, -0.2) is 6.61 Å². The predicted octanol–water partition coefficient (Wildman–Crippen LogP) is 6.38. The molecule has 3 nitrogen and oxygen atoms in total. The summed E-state index contributed by atoms with van der Waals surface area (Å²) in [4.78, 5) is 0. The summed E-state index contributed by atoms with van der Waals surface area (Å²) in [6.07, 6.45) is 0. The Labute approximate surface area is 170 Å². The second-order valence-electron chi connectivity index (χ2n) is 6.42. The monoisotopic (exact) mass is 399 g/mol. The lowest BCUT2D eigenvalue weighted by Gasteiger charge is -2.16. The molecule has 0 spiro atoms. The highest BCUT2D eigenvalue weighted by molar-refractivity contribution is 6.32. The SMILES string of the molecule is CCOc1cc(CNc2ccccc2C)cc(Cl)c1OCc1ccc(F)cc1. The topological polar surface area (TPSA) is 30.5 Å². The number of hydrogen-bond donors (Lipinski definition) is 1. The lowest BCUT2D eigenvalue weighted by atomic mass is 10.1. The van der Waals surface area contributed by atoms with Crippen molar-refractivity contribution in [1.29, 1.82) is 0 Å². The third kappa shape index (κ3) is 5.17. The number of rotatable bonds is 8. The van der Waals surface area contributed by atoms with Gasteiger partial charge in [0.25, 0.3) is 0 Å². The van der Waals surface area contributed by atoms with Gasteiger partial charge in [-0.1, -0.05) is 41.9 Å². The molecular formula is C23H23ClFNO2. The maximum atomic E-state index is 13.1. The molecule has 0 atom stereocenters. The van der Waals surface area contributed by atoms with Crippen molar-refractivity contribution in [2.45, 2.75) is 27.0 Å². The van der Waals surface area contributed by atoms with Crippen LogP contribution in [-0.2, 0) is 13.2 Å². The molecular weight excluding hydrogens is 377 g/mol. The van der Waals surface area contributed by atoms with Crippen LogP contribution in [0.25, 0.3) is 0 Å². The Hall–Kier alpha value is -2.72. The second kappa shape index (κ2) is 9.47. The van der Waals surface area contributed by atoms with Gasteiger partial charge < -0.3 is 14.8 Å². The molecule has 3 aromatic carbocycles. The molecule has 0 unspecified atom stereocenters. The standard InChI is InChI=1S/C23H23ClFNO2/c1-3-27-22-13-18(14-26-21-7-5-4-6-16(21)2)12-20(24)23(22)28-15-17-8-10-19(25)11-9-17/h4-13,26H,3,14-15H2,1-2H3. The molecule has 3 rings (SSSR count). The minimum atomic E-state index is -0.276. The molecule has 0 radical (unpaired) electrons. The second-order valence-corrected chi connectivity index (χ2v) is 6.83. The molecule has 5 heteroatoms. The van der Waals surface area contributed by atoms with Crippen molar-refractivity contribution in [2.75, 3.05) is 11.9 Å². The number of anilines is 1. The van der Waals surface area contributed by atoms with Crippen LogP contribution < -0.4 is 14.8 Å². The van der Waals surface area contributed by atoms with Gasteiger partial charge in [-0.05, 0) is 60.9 Å². The van der Waals surface area contributed by atoms with Crippen molar-refractivity contribution in [3.05, 3.63) is 88.2 Å². The maximum Gasteiger partial charge on any atom is 0.180 e. The number of nitrogens with one attached hydrogen (secondary N) is 1. The van der Waals surface area contributed by atoms with Gasteiger partial charge in [0.2, 0.25) is 0 Å². The first-order chi connectivity index (χ1) is 13.6. The molecule has 0 saturated carbocycles. The number of aryl methyl sites for hydroxylation is 1. The first-order valence-electron chi connectivity index (χ1n) is 9.18. The minimum absolute atomic E-state index is 0.276. The van der Waals surface area contributed by atoms with Crippen molar-refractivity contribution in [1.82, 2.24) is 0 Å². The smallest absolute Gasteiger partial charge is 0.180 e. The maximum absolute atomic E-state index is 13.1. The van der Waals surface area contributed by atoms with E-state index in [-0.39, 0.29) is 12.4 Å². The van der Waals surface area contributed by atoms with Crippen LogP contribution in [0.15, 0.2) is 60.7 Å². The molecule has 146 valence electrons. The normalized spacial score (nSPS) is 10.6. The van der Waals surface area contributed by atoms with Gasteiger partial charge in [0.1, 0.15) is 12.4 Å². The molecule has 1 N–H and O–H groups in total. The number of para-hydroxylation sites is 1. The van der Waals surface area contributed by atoms with Crippen LogP contribution in [0.4, 0.5) is 10.1 Å².